The van der Waals surface area contributed by atoms with Gasteiger partial charge in [0, 0.05) is 36.8 Å². The van der Waals surface area contributed by atoms with Gasteiger partial charge in [0.1, 0.15) is 5.76 Å². The zero-order valence-corrected chi connectivity index (χ0v) is 16.2. The Balaban J connectivity index is 1.61. The summed E-state index contributed by atoms with van der Waals surface area (Å²) in [6, 6.07) is 7.23. The first-order valence-corrected chi connectivity index (χ1v) is 9.27. The molecule has 144 valence electrons. The summed E-state index contributed by atoms with van der Waals surface area (Å²) in [5.74, 6) is 1.03. The molecule has 0 N–H and O–H groups in total. The zero-order valence-electron chi connectivity index (χ0n) is 15.4. The van der Waals surface area contributed by atoms with Gasteiger partial charge in [0.15, 0.2) is 0 Å². The van der Waals surface area contributed by atoms with Crippen molar-refractivity contribution in [2.24, 2.45) is 0 Å². The van der Waals surface area contributed by atoms with Gasteiger partial charge in [0.05, 0.1) is 18.7 Å². The van der Waals surface area contributed by atoms with E-state index in [4.69, 9.17) is 20.8 Å². The molecule has 0 radical (unpaired) electrons. The monoisotopic (exact) mass is 391 g/mol. The molecular weight excluding hydrogens is 370 g/mol. The number of rotatable bonds is 4. The van der Waals surface area contributed by atoms with Gasteiger partial charge in [0.25, 0.3) is 0 Å². The summed E-state index contributed by atoms with van der Waals surface area (Å²) in [7, 11) is 0. The summed E-state index contributed by atoms with van der Waals surface area (Å²) >= 11 is 6.01. The van der Waals surface area contributed by atoms with Gasteiger partial charge in [-0.25, -0.2) is 9.78 Å². The van der Waals surface area contributed by atoms with E-state index in [0.29, 0.717) is 55.2 Å². The summed E-state index contributed by atoms with van der Waals surface area (Å²) in [5.41, 5.74) is 1.38. The molecule has 1 aliphatic rings. The minimum Gasteiger partial charge on any atom is -0.450 e. The van der Waals surface area contributed by atoms with Crippen LogP contribution in [0.15, 0.2) is 28.7 Å². The molecule has 1 saturated heterocycles. The molecule has 0 saturated carbocycles. The van der Waals surface area contributed by atoms with E-state index in [9.17, 15) is 9.59 Å². The van der Waals surface area contributed by atoms with Crippen LogP contribution in [0.5, 0.6) is 0 Å². The van der Waals surface area contributed by atoms with Crippen molar-refractivity contribution >= 4 is 23.6 Å². The zero-order chi connectivity index (χ0) is 19.4. The molecular formula is C19H22ClN3O4. The average molecular weight is 392 g/mol. The lowest BCUT2D eigenvalue weighted by molar-refractivity contribution is -0.132. The first-order chi connectivity index (χ1) is 13.0. The molecule has 3 rings (SSSR count). The van der Waals surface area contributed by atoms with Crippen LogP contribution in [-0.2, 0) is 16.0 Å². The molecule has 0 spiro atoms. The average Bonchev–Trinajstić information content (AvgIpc) is 3.02. The second-order valence-electron chi connectivity index (χ2n) is 6.28. The second-order valence-corrected chi connectivity index (χ2v) is 6.71. The number of carbonyl (C=O) groups is 2. The van der Waals surface area contributed by atoms with Crippen LogP contribution >= 0.6 is 11.6 Å². The van der Waals surface area contributed by atoms with Crippen molar-refractivity contribution in [1.82, 2.24) is 14.8 Å². The Hall–Kier alpha value is -2.54. The van der Waals surface area contributed by atoms with Crippen molar-refractivity contribution in [3.05, 3.63) is 40.7 Å². The van der Waals surface area contributed by atoms with Gasteiger partial charge in [-0.3, -0.25) is 4.79 Å². The van der Waals surface area contributed by atoms with Gasteiger partial charge in [-0.15, -0.1) is 0 Å². The minimum absolute atomic E-state index is 0.0347. The Morgan fingerprint density at radius 3 is 2.59 bits per heavy atom. The van der Waals surface area contributed by atoms with Gasteiger partial charge in [-0.1, -0.05) is 17.7 Å². The SMILES string of the molecule is CCOC(=O)N1CCN(C(=O)Cc2nc(-c3cccc(Cl)c3)oc2C)CC1. The number of benzene rings is 1. The molecule has 2 aromatic rings. The van der Waals surface area contributed by atoms with Crippen LogP contribution in [0, 0.1) is 6.92 Å². The van der Waals surface area contributed by atoms with E-state index in [1.807, 2.05) is 12.1 Å². The third kappa shape index (κ3) is 4.60. The van der Waals surface area contributed by atoms with Crippen molar-refractivity contribution in [1.29, 1.82) is 0 Å². The Morgan fingerprint density at radius 2 is 1.93 bits per heavy atom. The molecule has 2 heterocycles. The number of aryl methyl sites for hydroxylation is 1. The fourth-order valence-corrected chi connectivity index (χ4v) is 3.14. The van der Waals surface area contributed by atoms with Gasteiger partial charge >= 0.3 is 6.09 Å². The van der Waals surface area contributed by atoms with E-state index in [2.05, 4.69) is 4.98 Å². The third-order valence-corrected chi connectivity index (χ3v) is 4.68. The predicted molar refractivity (Wildman–Crippen MR) is 101 cm³/mol. The predicted octanol–water partition coefficient (Wildman–Crippen LogP) is 3.15. The minimum atomic E-state index is -0.330. The van der Waals surface area contributed by atoms with Crippen molar-refractivity contribution in [2.75, 3.05) is 32.8 Å². The lowest BCUT2D eigenvalue weighted by Gasteiger charge is -2.34. The van der Waals surface area contributed by atoms with E-state index in [1.165, 1.54) is 0 Å². The highest BCUT2D eigenvalue weighted by Crippen LogP contribution is 2.24. The Bertz CT molecular complexity index is 828. The summed E-state index contributed by atoms with van der Waals surface area (Å²) in [4.78, 5) is 32.2. The van der Waals surface area contributed by atoms with E-state index in [1.54, 1.807) is 35.8 Å². The van der Waals surface area contributed by atoms with Crippen molar-refractivity contribution in [3.63, 3.8) is 0 Å². The number of nitrogens with zero attached hydrogens (tertiary/aromatic N) is 3. The highest BCUT2D eigenvalue weighted by atomic mass is 35.5. The summed E-state index contributed by atoms with van der Waals surface area (Å²) in [6.07, 6.45) is -0.168. The molecule has 0 aliphatic carbocycles. The molecule has 1 aromatic carbocycles. The molecule has 7 nitrogen and oxygen atoms in total. The maximum Gasteiger partial charge on any atom is 0.409 e. The second kappa shape index (κ2) is 8.43. The molecule has 1 aromatic heterocycles. The number of amides is 2. The number of ether oxygens (including phenoxy) is 1. The van der Waals surface area contributed by atoms with Gasteiger partial charge < -0.3 is 19.0 Å². The Kier molecular flexibility index (Phi) is 6.01. The van der Waals surface area contributed by atoms with Gasteiger partial charge in [-0.05, 0) is 32.0 Å². The third-order valence-electron chi connectivity index (χ3n) is 4.44. The maximum absolute atomic E-state index is 12.6. The number of halogens is 1. The molecule has 0 atom stereocenters. The topological polar surface area (TPSA) is 75.9 Å². The molecule has 1 aliphatic heterocycles. The van der Waals surface area contributed by atoms with E-state index < -0.39 is 0 Å². The summed E-state index contributed by atoms with van der Waals surface area (Å²) < 4.78 is 10.7. The van der Waals surface area contributed by atoms with E-state index >= 15 is 0 Å². The molecule has 2 amide bonds. The Labute approximate surface area is 162 Å². The number of aromatic nitrogens is 1. The number of hydrogen-bond donors (Lipinski definition) is 0. The van der Waals surface area contributed by atoms with Crippen LogP contribution in [0.3, 0.4) is 0 Å². The first kappa shape index (κ1) is 19.2. The fourth-order valence-electron chi connectivity index (χ4n) is 2.95. The molecule has 8 heteroatoms. The molecule has 0 unspecified atom stereocenters. The lowest BCUT2D eigenvalue weighted by Crippen LogP contribution is -2.51. The highest BCUT2D eigenvalue weighted by Gasteiger charge is 2.26. The van der Waals surface area contributed by atoms with Crippen LogP contribution in [0.1, 0.15) is 18.4 Å². The van der Waals surface area contributed by atoms with E-state index in [0.717, 1.165) is 5.56 Å². The molecule has 0 bridgehead atoms. The lowest BCUT2D eigenvalue weighted by atomic mass is 10.2. The highest BCUT2D eigenvalue weighted by molar-refractivity contribution is 6.30. The summed E-state index contributed by atoms with van der Waals surface area (Å²) in [5, 5.41) is 0.598. The number of oxazole rings is 1. The standard InChI is InChI=1S/C19H22ClN3O4/c1-3-26-19(25)23-9-7-22(8-10-23)17(24)12-16-13(2)27-18(21-16)14-5-4-6-15(20)11-14/h4-6,11H,3,7-10,12H2,1-2H3. The smallest absolute Gasteiger partial charge is 0.409 e. The van der Waals surface area contributed by atoms with Crippen molar-refractivity contribution in [2.45, 2.75) is 20.3 Å². The summed E-state index contributed by atoms with van der Waals surface area (Å²) in [6.45, 7) is 5.81. The molecule has 1 fully saturated rings. The Morgan fingerprint density at radius 1 is 1.22 bits per heavy atom. The first-order valence-electron chi connectivity index (χ1n) is 8.89. The normalized spacial score (nSPS) is 14.3. The number of hydrogen-bond acceptors (Lipinski definition) is 5. The van der Waals surface area contributed by atoms with Crippen LogP contribution < -0.4 is 0 Å². The van der Waals surface area contributed by atoms with Crippen LogP contribution in [0.25, 0.3) is 11.5 Å². The van der Waals surface area contributed by atoms with Crippen molar-refractivity contribution in [3.8, 4) is 11.5 Å². The van der Waals surface area contributed by atoms with Crippen LogP contribution in [-0.4, -0.2) is 59.6 Å². The fraction of sp³-hybridized carbons (Fsp3) is 0.421. The van der Waals surface area contributed by atoms with E-state index in [-0.39, 0.29) is 18.4 Å². The van der Waals surface area contributed by atoms with Crippen molar-refractivity contribution < 1.29 is 18.7 Å². The van der Waals surface area contributed by atoms with Crippen LogP contribution in [0.4, 0.5) is 4.79 Å². The van der Waals surface area contributed by atoms with Gasteiger partial charge in [0.2, 0.25) is 11.8 Å². The number of piperazine rings is 1. The maximum atomic E-state index is 12.6. The molecule has 27 heavy (non-hydrogen) atoms. The van der Waals surface area contributed by atoms with Crippen LogP contribution in [0.2, 0.25) is 5.02 Å². The quantitative estimate of drug-likeness (QED) is 0.800. The number of carbonyl (C=O) groups excluding carboxylic acids is 2. The van der Waals surface area contributed by atoms with Gasteiger partial charge in [-0.2, -0.15) is 0 Å². The largest absolute Gasteiger partial charge is 0.450 e.